The maximum absolute atomic E-state index is 11.7. The molecule has 1 amide bonds. The monoisotopic (exact) mass is 285 g/mol. The Balaban J connectivity index is 2.81. The minimum Gasteiger partial charge on any atom is -0.326 e. The Hall–Kier alpha value is -1.44. The number of primary sulfonamides is 1. The van der Waals surface area contributed by atoms with E-state index in [1.54, 1.807) is 12.1 Å². The van der Waals surface area contributed by atoms with E-state index in [0.717, 1.165) is 0 Å². The van der Waals surface area contributed by atoms with Crippen molar-refractivity contribution >= 4 is 21.6 Å². The third kappa shape index (κ3) is 5.37. The van der Waals surface area contributed by atoms with E-state index in [0.29, 0.717) is 6.42 Å². The SMILES string of the molecule is CC(C)(N)CCC(=O)Nc1ccccc1S(N)(=O)=O. The molecule has 0 saturated carbocycles. The largest absolute Gasteiger partial charge is 0.326 e. The van der Waals surface area contributed by atoms with Gasteiger partial charge in [0.2, 0.25) is 15.9 Å². The number of anilines is 1. The molecule has 1 aromatic carbocycles. The van der Waals surface area contributed by atoms with Crippen LogP contribution in [0.2, 0.25) is 0 Å². The Morgan fingerprint density at radius 3 is 2.42 bits per heavy atom. The van der Waals surface area contributed by atoms with Crippen LogP contribution in [-0.4, -0.2) is 19.9 Å². The first-order valence-corrected chi connectivity index (χ1v) is 7.35. The fourth-order valence-corrected chi connectivity index (χ4v) is 2.16. The van der Waals surface area contributed by atoms with Gasteiger partial charge in [-0.1, -0.05) is 12.1 Å². The van der Waals surface area contributed by atoms with E-state index in [9.17, 15) is 13.2 Å². The lowest BCUT2D eigenvalue weighted by Crippen LogP contribution is -2.33. The molecule has 6 nitrogen and oxygen atoms in total. The number of rotatable bonds is 5. The van der Waals surface area contributed by atoms with Crippen molar-refractivity contribution in [2.45, 2.75) is 37.1 Å². The highest BCUT2D eigenvalue weighted by Crippen LogP contribution is 2.20. The van der Waals surface area contributed by atoms with E-state index >= 15 is 0 Å². The van der Waals surface area contributed by atoms with Crippen molar-refractivity contribution in [3.8, 4) is 0 Å². The van der Waals surface area contributed by atoms with E-state index in [2.05, 4.69) is 5.32 Å². The highest BCUT2D eigenvalue weighted by Gasteiger charge is 2.17. The van der Waals surface area contributed by atoms with Crippen LogP contribution in [-0.2, 0) is 14.8 Å². The summed E-state index contributed by atoms with van der Waals surface area (Å²) < 4.78 is 22.7. The summed E-state index contributed by atoms with van der Waals surface area (Å²) in [4.78, 5) is 11.6. The number of para-hydroxylation sites is 1. The summed E-state index contributed by atoms with van der Waals surface area (Å²) in [6.07, 6.45) is 0.707. The summed E-state index contributed by atoms with van der Waals surface area (Å²) in [5.74, 6) is -0.297. The summed E-state index contributed by atoms with van der Waals surface area (Å²) in [5, 5.41) is 7.61. The van der Waals surface area contributed by atoms with Gasteiger partial charge in [-0.15, -0.1) is 0 Å². The quantitative estimate of drug-likeness (QED) is 0.741. The Morgan fingerprint density at radius 1 is 1.32 bits per heavy atom. The molecule has 1 rings (SSSR count). The molecule has 7 heteroatoms. The number of sulfonamides is 1. The van der Waals surface area contributed by atoms with Gasteiger partial charge in [-0.05, 0) is 32.4 Å². The zero-order valence-corrected chi connectivity index (χ0v) is 11.8. The van der Waals surface area contributed by atoms with Gasteiger partial charge in [-0.3, -0.25) is 4.79 Å². The van der Waals surface area contributed by atoms with Crippen molar-refractivity contribution in [3.05, 3.63) is 24.3 Å². The van der Waals surface area contributed by atoms with Crippen LogP contribution in [0.25, 0.3) is 0 Å². The molecule has 1 aromatic rings. The van der Waals surface area contributed by atoms with Gasteiger partial charge in [0.25, 0.3) is 0 Å². The first-order valence-electron chi connectivity index (χ1n) is 5.80. The molecule has 0 atom stereocenters. The zero-order valence-electron chi connectivity index (χ0n) is 11.0. The Morgan fingerprint density at radius 2 is 1.89 bits per heavy atom. The van der Waals surface area contributed by atoms with E-state index in [4.69, 9.17) is 10.9 Å². The first kappa shape index (κ1) is 15.6. The van der Waals surface area contributed by atoms with Gasteiger partial charge >= 0.3 is 0 Å². The van der Waals surface area contributed by atoms with Crippen molar-refractivity contribution in [1.82, 2.24) is 0 Å². The highest BCUT2D eigenvalue weighted by molar-refractivity contribution is 7.89. The van der Waals surface area contributed by atoms with Crippen LogP contribution >= 0.6 is 0 Å². The highest BCUT2D eigenvalue weighted by atomic mass is 32.2. The zero-order chi connectivity index (χ0) is 14.7. The van der Waals surface area contributed by atoms with Crippen LogP contribution in [0.5, 0.6) is 0 Å². The van der Waals surface area contributed by atoms with Gasteiger partial charge in [0.1, 0.15) is 4.90 Å². The van der Waals surface area contributed by atoms with Crippen LogP contribution in [0, 0.1) is 0 Å². The van der Waals surface area contributed by atoms with Crippen molar-refractivity contribution in [2.24, 2.45) is 10.9 Å². The summed E-state index contributed by atoms with van der Waals surface area (Å²) in [6.45, 7) is 3.64. The molecule has 0 saturated heterocycles. The summed E-state index contributed by atoms with van der Waals surface area (Å²) in [6, 6.07) is 6.00. The molecule has 0 heterocycles. The summed E-state index contributed by atoms with van der Waals surface area (Å²) in [5.41, 5.74) is 5.52. The lowest BCUT2D eigenvalue weighted by Gasteiger charge is -2.17. The molecule has 0 bridgehead atoms. The molecule has 0 spiro atoms. The number of hydrogen-bond acceptors (Lipinski definition) is 4. The first-order chi connectivity index (χ1) is 8.59. The van der Waals surface area contributed by atoms with Crippen LogP contribution < -0.4 is 16.2 Å². The van der Waals surface area contributed by atoms with Crippen LogP contribution in [0.15, 0.2) is 29.2 Å². The lowest BCUT2D eigenvalue weighted by molar-refractivity contribution is -0.116. The molecule has 0 fully saturated rings. The molecule has 0 aliphatic carbocycles. The molecule has 0 radical (unpaired) electrons. The third-order valence-corrected chi connectivity index (χ3v) is 3.43. The predicted molar refractivity (Wildman–Crippen MR) is 73.9 cm³/mol. The van der Waals surface area contributed by atoms with Gasteiger partial charge in [-0.25, -0.2) is 13.6 Å². The minimum absolute atomic E-state index is 0.102. The topological polar surface area (TPSA) is 115 Å². The number of carbonyl (C=O) groups is 1. The second kappa shape index (κ2) is 5.68. The maximum atomic E-state index is 11.7. The number of carbonyl (C=O) groups excluding carboxylic acids is 1. The van der Waals surface area contributed by atoms with Gasteiger partial charge in [0.05, 0.1) is 5.69 Å². The Bertz CT molecular complexity index is 562. The van der Waals surface area contributed by atoms with Gasteiger partial charge < -0.3 is 11.1 Å². The Labute approximate surface area is 113 Å². The molecule has 0 aliphatic rings. The molecular formula is C12H19N3O3S. The second-order valence-corrected chi connectivity index (χ2v) is 6.61. The summed E-state index contributed by atoms with van der Waals surface area (Å²) >= 11 is 0. The predicted octanol–water partition coefficient (Wildman–Crippen LogP) is 0.790. The molecule has 0 aromatic heterocycles. The van der Waals surface area contributed by atoms with E-state index in [1.165, 1.54) is 12.1 Å². The molecular weight excluding hydrogens is 266 g/mol. The van der Waals surface area contributed by atoms with Crippen LogP contribution in [0.3, 0.4) is 0 Å². The molecule has 19 heavy (non-hydrogen) atoms. The fraction of sp³-hybridized carbons (Fsp3) is 0.417. The van der Waals surface area contributed by atoms with Gasteiger partial charge in [0, 0.05) is 12.0 Å². The normalized spacial score (nSPS) is 12.2. The average Bonchev–Trinajstić information content (AvgIpc) is 2.25. The van der Waals surface area contributed by atoms with Gasteiger partial charge in [0.15, 0.2) is 0 Å². The number of nitrogens with one attached hydrogen (secondary N) is 1. The van der Waals surface area contributed by atoms with Crippen LogP contribution in [0.1, 0.15) is 26.7 Å². The Kier molecular flexibility index (Phi) is 4.67. The summed E-state index contributed by atoms with van der Waals surface area (Å²) in [7, 11) is -3.86. The molecule has 5 N–H and O–H groups in total. The second-order valence-electron chi connectivity index (χ2n) is 5.08. The van der Waals surface area contributed by atoms with E-state index < -0.39 is 15.6 Å². The number of amides is 1. The van der Waals surface area contributed by atoms with Crippen LogP contribution in [0.4, 0.5) is 5.69 Å². The third-order valence-electron chi connectivity index (χ3n) is 2.46. The van der Waals surface area contributed by atoms with E-state index in [-0.39, 0.29) is 22.9 Å². The smallest absolute Gasteiger partial charge is 0.240 e. The fourth-order valence-electron chi connectivity index (χ4n) is 1.47. The van der Waals surface area contributed by atoms with Crippen molar-refractivity contribution in [1.29, 1.82) is 0 Å². The number of benzene rings is 1. The maximum Gasteiger partial charge on any atom is 0.240 e. The van der Waals surface area contributed by atoms with Gasteiger partial charge in [-0.2, -0.15) is 0 Å². The average molecular weight is 285 g/mol. The minimum atomic E-state index is -3.86. The number of hydrogen-bond donors (Lipinski definition) is 3. The standard InChI is InChI=1S/C12H19N3O3S/c1-12(2,13)8-7-11(16)15-9-5-3-4-6-10(9)19(14,17)18/h3-6H,7-8,13H2,1-2H3,(H,15,16)(H2,14,17,18). The van der Waals surface area contributed by atoms with Crippen molar-refractivity contribution in [2.75, 3.05) is 5.32 Å². The molecule has 0 unspecified atom stereocenters. The molecule has 0 aliphatic heterocycles. The van der Waals surface area contributed by atoms with Crippen molar-refractivity contribution in [3.63, 3.8) is 0 Å². The number of nitrogens with two attached hydrogens (primary N) is 2. The van der Waals surface area contributed by atoms with Crippen molar-refractivity contribution < 1.29 is 13.2 Å². The van der Waals surface area contributed by atoms with E-state index in [1.807, 2.05) is 13.8 Å². The molecule has 106 valence electrons. The lowest BCUT2D eigenvalue weighted by atomic mass is 10.00.